The Labute approximate surface area is 31.2 Å². The van der Waals surface area contributed by atoms with Gasteiger partial charge in [0.1, 0.15) is 0 Å². The molecule has 0 spiro atoms. The standard InChI is InChI=1S/CH4GeO2/c1-4-2-3/h2H,1H3. The maximum atomic E-state index is 9.23. The van der Waals surface area contributed by atoms with Gasteiger partial charge in [0.15, 0.2) is 0 Å². The maximum absolute atomic E-state index is 9.23. The first-order valence-corrected chi connectivity index (χ1v) is 2.86. The Bertz CT molecular complexity index is 20.0. The molecule has 24 valence electrons. The molecule has 0 radical (unpaired) electrons. The second kappa shape index (κ2) is 3.14. The van der Waals surface area contributed by atoms with Gasteiger partial charge in [-0.1, -0.05) is 0 Å². The average Bonchev–Trinajstić information content (AvgIpc) is 1.37. The summed E-state index contributed by atoms with van der Waals surface area (Å²) in [5.74, 6) is 0. The van der Waals surface area contributed by atoms with Gasteiger partial charge in [0.2, 0.25) is 0 Å². The number of hydrogen-bond donors (Lipinski definition) is 0. The molecular weight excluding hydrogens is 117 g/mol. The van der Waals surface area contributed by atoms with Crippen LogP contribution >= 0.6 is 0 Å². The summed E-state index contributed by atoms with van der Waals surface area (Å²) in [6.07, 6.45) is 0. The molecule has 0 aromatic heterocycles. The zero-order valence-corrected chi connectivity index (χ0v) is 4.82. The topological polar surface area (TPSA) is 26.3 Å². The van der Waals surface area contributed by atoms with Gasteiger partial charge in [-0.05, 0) is 0 Å². The molecule has 0 amide bonds. The van der Waals surface area contributed by atoms with Crippen LogP contribution < -0.4 is 0 Å². The Balaban J connectivity index is 2.30. The van der Waals surface area contributed by atoms with Gasteiger partial charge in [0.25, 0.3) is 0 Å². The van der Waals surface area contributed by atoms with E-state index in [9.17, 15) is 3.78 Å². The van der Waals surface area contributed by atoms with E-state index in [2.05, 4.69) is 3.76 Å². The van der Waals surface area contributed by atoms with Crippen LogP contribution in [0, 0.1) is 0 Å². The van der Waals surface area contributed by atoms with E-state index in [1.165, 1.54) is 7.11 Å². The molecule has 3 heteroatoms. The van der Waals surface area contributed by atoms with E-state index in [4.69, 9.17) is 0 Å². The molecule has 0 atom stereocenters. The van der Waals surface area contributed by atoms with E-state index in [-0.39, 0.29) is 0 Å². The monoisotopic (exact) mass is 122 g/mol. The second-order valence-corrected chi connectivity index (χ2v) is 1.72. The first-order valence-electron chi connectivity index (χ1n) is 0.880. The Hall–Kier alpha value is 0.143. The summed E-state index contributed by atoms with van der Waals surface area (Å²) in [5, 5.41) is 0. The molecule has 0 aliphatic rings. The van der Waals surface area contributed by atoms with Crippen molar-refractivity contribution in [2.45, 2.75) is 0 Å². The van der Waals surface area contributed by atoms with Crippen LogP contribution in [-0.2, 0) is 7.54 Å². The van der Waals surface area contributed by atoms with Gasteiger partial charge in [-0.25, -0.2) is 0 Å². The minimum atomic E-state index is -1.44. The van der Waals surface area contributed by atoms with Gasteiger partial charge in [-0.2, -0.15) is 0 Å². The molecule has 0 aliphatic carbocycles. The number of hydrogen-bond acceptors (Lipinski definition) is 2. The molecule has 0 rings (SSSR count). The summed E-state index contributed by atoms with van der Waals surface area (Å²) in [6, 6.07) is 0. The third-order valence-corrected chi connectivity index (χ3v) is 0.500. The zero-order chi connectivity index (χ0) is 3.41. The minimum absolute atomic E-state index is 1.44. The van der Waals surface area contributed by atoms with Crippen LogP contribution in [0.15, 0.2) is 0 Å². The molecule has 0 saturated heterocycles. The molecule has 0 saturated carbocycles. The summed E-state index contributed by atoms with van der Waals surface area (Å²) in [7, 11) is 1.44. The average molecular weight is 121 g/mol. The van der Waals surface area contributed by atoms with E-state index in [1.54, 1.807) is 0 Å². The molecular formula is CH4GeO2. The summed E-state index contributed by atoms with van der Waals surface area (Å²) in [5.41, 5.74) is 0. The summed E-state index contributed by atoms with van der Waals surface area (Å²) < 4.78 is 13.4. The molecule has 4 heavy (non-hydrogen) atoms. The molecule has 0 N–H and O–H groups in total. The van der Waals surface area contributed by atoms with E-state index in [1.807, 2.05) is 0 Å². The molecule has 0 heterocycles. The third kappa shape index (κ3) is 2.14. The predicted octanol–water partition coefficient (Wildman–Crippen LogP) is -0.670. The van der Waals surface area contributed by atoms with E-state index in [0.717, 1.165) is 0 Å². The Kier molecular flexibility index (Phi) is 3.26. The van der Waals surface area contributed by atoms with Crippen molar-refractivity contribution >= 4 is 15.7 Å². The van der Waals surface area contributed by atoms with Crippen LogP contribution in [0.5, 0.6) is 0 Å². The van der Waals surface area contributed by atoms with Crippen LogP contribution in [0.25, 0.3) is 0 Å². The summed E-state index contributed by atoms with van der Waals surface area (Å²) in [4.78, 5) is 0. The van der Waals surface area contributed by atoms with Gasteiger partial charge in [-0.3, -0.25) is 0 Å². The van der Waals surface area contributed by atoms with Crippen LogP contribution in [0.3, 0.4) is 0 Å². The van der Waals surface area contributed by atoms with Crippen molar-refractivity contribution in [3.05, 3.63) is 0 Å². The second-order valence-electron chi connectivity index (χ2n) is 0.332. The third-order valence-electron chi connectivity index (χ3n) is 0.0962. The fraction of sp³-hybridized carbons (Fsp3) is 1.00. The van der Waals surface area contributed by atoms with Crippen molar-refractivity contribution in [3.8, 4) is 0 Å². The van der Waals surface area contributed by atoms with Crippen LogP contribution in [0.1, 0.15) is 0 Å². The molecule has 2 nitrogen and oxygen atoms in total. The van der Waals surface area contributed by atoms with Crippen molar-refractivity contribution in [1.82, 2.24) is 0 Å². The van der Waals surface area contributed by atoms with Crippen molar-refractivity contribution in [1.29, 1.82) is 0 Å². The van der Waals surface area contributed by atoms with Crippen molar-refractivity contribution in [2.75, 3.05) is 7.11 Å². The van der Waals surface area contributed by atoms with E-state index >= 15 is 0 Å². The summed E-state index contributed by atoms with van der Waals surface area (Å²) >= 11 is -1.44. The van der Waals surface area contributed by atoms with Crippen LogP contribution in [-0.4, -0.2) is 22.8 Å². The molecule has 0 bridgehead atoms. The molecule has 0 aromatic carbocycles. The van der Waals surface area contributed by atoms with Crippen LogP contribution in [0.2, 0.25) is 0 Å². The normalized spacial score (nSPS) is 5.25. The predicted molar refractivity (Wildman–Crippen MR) is 14.8 cm³/mol. The summed E-state index contributed by atoms with van der Waals surface area (Å²) in [6.45, 7) is 0. The fourth-order valence-corrected chi connectivity index (χ4v) is 0. The zero-order valence-electron chi connectivity index (χ0n) is 2.39. The van der Waals surface area contributed by atoms with E-state index < -0.39 is 15.7 Å². The Morgan fingerprint density at radius 2 is 2.25 bits per heavy atom. The van der Waals surface area contributed by atoms with Crippen molar-refractivity contribution in [2.24, 2.45) is 0 Å². The molecule has 0 aliphatic heterocycles. The van der Waals surface area contributed by atoms with Crippen molar-refractivity contribution in [3.63, 3.8) is 0 Å². The van der Waals surface area contributed by atoms with Gasteiger partial charge in [-0.15, -0.1) is 0 Å². The molecule has 0 aromatic rings. The van der Waals surface area contributed by atoms with Gasteiger partial charge < -0.3 is 0 Å². The fourth-order valence-electron chi connectivity index (χ4n) is 0. The molecule has 0 unspecified atom stereocenters. The quantitative estimate of drug-likeness (QED) is 0.429. The van der Waals surface area contributed by atoms with Gasteiger partial charge in [0, 0.05) is 0 Å². The van der Waals surface area contributed by atoms with Crippen LogP contribution in [0.4, 0.5) is 0 Å². The molecule has 0 fully saturated rings. The Morgan fingerprint density at radius 3 is 2.25 bits per heavy atom. The SMILES string of the molecule is C[O][GeH]=[O]. The first-order chi connectivity index (χ1) is 1.91. The Morgan fingerprint density at radius 1 is 2.00 bits per heavy atom. The van der Waals surface area contributed by atoms with Crippen molar-refractivity contribution < 1.29 is 7.54 Å². The van der Waals surface area contributed by atoms with Gasteiger partial charge >= 0.3 is 30.4 Å². The van der Waals surface area contributed by atoms with Gasteiger partial charge in [0.05, 0.1) is 0 Å². The van der Waals surface area contributed by atoms with E-state index in [0.29, 0.717) is 0 Å². The number of rotatable bonds is 1. The first kappa shape index (κ1) is 4.14.